The smallest absolute Gasteiger partial charge is 0.201 e. The van der Waals surface area contributed by atoms with E-state index in [1.54, 1.807) is 36.4 Å². The lowest BCUT2D eigenvalue weighted by molar-refractivity contribution is -0.159. The van der Waals surface area contributed by atoms with Crippen LogP contribution in [0.4, 0.5) is 13.2 Å². The van der Waals surface area contributed by atoms with Gasteiger partial charge in [-0.2, -0.15) is 4.39 Å². The predicted molar refractivity (Wildman–Crippen MR) is 145 cm³/mol. The summed E-state index contributed by atoms with van der Waals surface area (Å²) in [6.07, 6.45) is 7.69. The first-order chi connectivity index (χ1) is 18.5. The lowest BCUT2D eigenvalue weighted by atomic mass is 9.95. The van der Waals surface area contributed by atoms with Gasteiger partial charge in [0.1, 0.15) is 5.82 Å². The van der Waals surface area contributed by atoms with Crippen LogP contribution in [0.5, 0.6) is 5.75 Å². The molecule has 0 amide bonds. The maximum atomic E-state index is 15.0. The molecule has 0 radical (unpaired) electrons. The predicted octanol–water partition coefficient (Wildman–Crippen LogP) is 8.82. The quantitative estimate of drug-likeness (QED) is 0.175. The number of hydrogen-bond acceptors (Lipinski definition) is 3. The molecule has 1 fully saturated rings. The molecule has 202 valence electrons. The fourth-order valence-corrected chi connectivity index (χ4v) is 4.63. The van der Waals surface area contributed by atoms with Gasteiger partial charge in [-0.15, -0.1) is 0 Å². The Morgan fingerprint density at radius 1 is 0.816 bits per heavy atom. The Labute approximate surface area is 223 Å². The second-order valence-electron chi connectivity index (χ2n) is 9.64. The average Bonchev–Trinajstić information content (AvgIpc) is 2.95. The zero-order chi connectivity index (χ0) is 26.9. The van der Waals surface area contributed by atoms with Crippen LogP contribution in [0.25, 0.3) is 22.3 Å². The Bertz CT molecular complexity index is 1200. The van der Waals surface area contributed by atoms with Crippen LogP contribution in [0, 0.1) is 17.5 Å². The molecule has 0 aromatic heterocycles. The maximum Gasteiger partial charge on any atom is 0.201 e. The van der Waals surface area contributed by atoms with E-state index < -0.39 is 17.9 Å². The van der Waals surface area contributed by atoms with Gasteiger partial charge in [0.05, 0.1) is 19.8 Å². The van der Waals surface area contributed by atoms with Gasteiger partial charge in [-0.1, -0.05) is 82.0 Å². The Balaban J connectivity index is 1.39. The van der Waals surface area contributed by atoms with Gasteiger partial charge in [-0.05, 0) is 47.4 Å². The number of benzene rings is 3. The highest BCUT2D eigenvalue weighted by Gasteiger charge is 2.23. The van der Waals surface area contributed by atoms with Crippen molar-refractivity contribution in [3.8, 4) is 28.0 Å². The van der Waals surface area contributed by atoms with Crippen molar-refractivity contribution in [3.63, 3.8) is 0 Å². The number of ether oxygens (including phenoxy) is 3. The Morgan fingerprint density at radius 2 is 1.45 bits per heavy atom. The SMILES string of the molecule is C=CC1OCC(c2ccc(-c3ccc(-c4ccc(OCCCCCCCC)c(F)c4F)cc3)c(F)c2)CO1. The summed E-state index contributed by atoms with van der Waals surface area (Å²) < 4.78 is 61.1. The van der Waals surface area contributed by atoms with Crippen molar-refractivity contribution < 1.29 is 27.4 Å². The summed E-state index contributed by atoms with van der Waals surface area (Å²) in [4.78, 5) is 0. The molecule has 1 saturated heterocycles. The van der Waals surface area contributed by atoms with E-state index in [2.05, 4.69) is 13.5 Å². The lowest BCUT2D eigenvalue weighted by Gasteiger charge is -2.28. The third-order valence-corrected chi connectivity index (χ3v) is 6.89. The Morgan fingerprint density at radius 3 is 2.11 bits per heavy atom. The summed E-state index contributed by atoms with van der Waals surface area (Å²) in [7, 11) is 0. The molecule has 3 nitrogen and oxygen atoms in total. The van der Waals surface area contributed by atoms with E-state index in [4.69, 9.17) is 14.2 Å². The average molecular weight is 525 g/mol. The number of halogens is 3. The van der Waals surface area contributed by atoms with Gasteiger partial charge < -0.3 is 14.2 Å². The molecule has 4 rings (SSSR count). The van der Waals surface area contributed by atoms with E-state index >= 15 is 4.39 Å². The van der Waals surface area contributed by atoms with Crippen molar-refractivity contribution in [1.29, 1.82) is 0 Å². The van der Waals surface area contributed by atoms with Gasteiger partial charge in [0.25, 0.3) is 0 Å². The molecule has 0 bridgehead atoms. The van der Waals surface area contributed by atoms with Crippen molar-refractivity contribution in [2.24, 2.45) is 0 Å². The Kier molecular flexibility index (Phi) is 10.0. The first-order valence-corrected chi connectivity index (χ1v) is 13.4. The minimum atomic E-state index is -0.991. The number of rotatable bonds is 12. The van der Waals surface area contributed by atoms with E-state index in [1.165, 1.54) is 37.5 Å². The van der Waals surface area contributed by atoms with Crippen LogP contribution < -0.4 is 4.74 Å². The summed E-state index contributed by atoms with van der Waals surface area (Å²) in [5.41, 5.74) is 2.49. The highest BCUT2D eigenvalue weighted by atomic mass is 19.2. The second kappa shape index (κ2) is 13.6. The fraction of sp³-hybridized carbons (Fsp3) is 0.375. The highest BCUT2D eigenvalue weighted by Crippen LogP contribution is 2.33. The summed E-state index contributed by atoms with van der Waals surface area (Å²) in [5.74, 6) is -2.45. The zero-order valence-corrected chi connectivity index (χ0v) is 21.9. The Hall–Kier alpha value is -3.09. The van der Waals surface area contributed by atoms with Crippen molar-refractivity contribution >= 4 is 0 Å². The second-order valence-corrected chi connectivity index (χ2v) is 9.64. The number of hydrogen-bond donors (Lipinski definition) is 0. The van der Waals surface area contributed by atoms with Gasteiger partial charge >= 0.3 is 0 Å². The summed E-state index contributed by atoms with van der Waals surface area (Å²) in [6.45, 7) is 7.02. The molecule has 0 saturated carbocycles. The van der Waals surface area contributed by atoms with Crippen LogP contribution >= 0.6 is 0 Å². The third kappa shape index (κ3) is 6.86. The van der Waals surface area contributed by atoms with Crippen LogP contribution in [0.2, 0.25) is 0 Å². The third-order valence-electron chi connectivity index (χ3n) is 6.89. The molecule has 1 heterocycles. The molecule has 0 unspecified atom stereocenters. The van der Waals surface area contributed by atoms with E-state index in [-0.39, 0.29) is 23.0 Å². The van der Waals surface area contributed by atoms with Crippen molar-refractivity contribution in [1.82, 2.24) is 0 Å². The number of unbranched alkanes of at least 4 members (excludes halogenated alkanes) is 5. The largest absolute Gasteiger partial charge is 0.490 e. The van der Waals surface area contributed by atoms with E-state index in [0.717, 1.165) is 24.8 Å². The molecule has 0 atom stereocenters. The summed E-state index contributed by atoms with van der Waals surface area (Å²) in [5, 5.41) is 0. The van der Waals surface area contributed by atoms with Gasteiger partial charge in [0, 0.05) is 17.0 Å². The normalized spacial score (nSPS) is 17.4. The first kappa shape index (κ1) is 27.9. The van der Waals surface area contributed by atoms with Gasteiger partial charge in [-0.3, -0.25) is 0 Å². The van der Waals surface area contributed by atoms with Gasteiger partial charge in [-0.25, -0.2) is 8.78 Å². The van der Waals surface area contributed by atoms with E-state index in [0.29, 0.717) is 36.5 Å². The minimum absolute atomic E-state index is 0.0623. The molecule has 6 heteroatoms. The zero-order valence-electron chi connectivity index (χ0n) is 21.9. The molecule has 3 aromatic carbocycles. The molecule has 38 heavy (non-hydrogen) atoms. The van der Waals surface area contributed by atoms with Crippen LogP contribution in [0.1, 0.15) is 56.9 Å². The molecular formula is C32H35F3O3. The maximum absolute atomic E-state index is 15.0. The topological polar surface area (TPSA) is 27.7 Å². The van der Waals surface area contributed by atoms with Crippen molar-refractivity contribution in [3.05, 3.63) is 90.3 Å². The molecule has 1 aliphatic heterocycles. The first-order valence-electron chi connectivity index (χ1n) is 13.4. The summed E-state index contributed by atoms with van der Waals surface area (Å²) >= 11 is 0. The van der Waals surface area contributed by atoms with E-state index in [1.807, 2.05) is 6.07 Å². The summed E-state index contributed by atoms with van der Waals surface area (Å²) in [6, 6.07) is 14.8. The molecule has 1 aliphatic rings. The molecular weight excluding hydrogens is 489 g/mol. The molecule has 0 N–H and O–H groups in total. The minimum Gasteiger partial charge on any atom is -0.490 e. The van der Waals surface area contributed by atoms with Crippen LogP contribution in [-0.2, 0) is 9.47 Å². The molecule has 3 aromatic rings. The monoisotopic (exact) mass is 524 g/mol. The highest BCUT2D eigenvalue weighted by molar-refractivity contribution is 5.71. The van der Waals surface area contributed by atoms with Gasteiger partial charge in [0.2, 0.25) is 5.82 Å². The van der Waals surface area contributed by atoms with Gasteiger partial charge in [0.15, 0.2) is 17.9 Å². The van der Waals surface area contributed by atoms with Crippen molar-refractivity contribution in [2.75, 3.05) is 19.8 Å². The standard InChI is InChI=1S/C32H35F3O3/c1-3-5-6-7-8-9-18-36-29-17-16-27(31(34)32(29)35)23-12-10-22(11-13-23)26-15-14-24(19-28(26)33)25-20-37-30(4-2)38-21-25/h4,10-17,19,25,30H,2-3,5-9,18,20-21H2,1H3. The molecule has 0 spiro atoms. The van der Waals surface area contributed by atoms with Crippen LogP contribution in [-0.4, -0.2) is 26.1 Å². The van der Waals surface area contributed by atoms with Crippen LogP contribution in [0.3, 0.4) is 0 Å². The fourth-order valence-electron chi connectivity index (χ4n) is 4.63. The molecule has 0 aliphatic carbocycles. The van der Waals surface area contributed by atoms with Crippen LogP contribution in [0.15, 0.2) is 67.3 Å². The van der Waals surface area contributed by atoms with Crippen molar-refractivity contribution in [2.45, 2.75) is 57.7 Å². The lowest BCUT2D eigenvalue weighted by Crippen LogP contribution is -2.29. The van der Waals surface area contributed by atoms with E-state index in [9.17, 15) is 8.78 Å².